The number of rotatable bonds is 4. The fourth-order valence-electron chi connectivity index (χ4n) is 4.60. The molecule has 166 valence electrons. The highest BCUT2D eigenvalue weighted by Crippen LogP contribution is 2.30. The van der Waals surface area contributed by atoms with Gasteiger partial charge in [0, 0.05) is 42.6 Å². The number of aromatic nitrogens is 4. The lowest BCUT2D eigenvalue weighted by Gasteiger charge is -2.40. The van der Waals surface area contributed by atoms with Crippen LogP contribution in [-0.4, -0.2) is 50.2 Å². The number of piperazine rings is 1. The smallest absolute Gasteiger partial charge is 0.213 e. The minimum absolute atomic E-state index is 0.321. The van der Waals surface area contributed by atoms with Crippen molar-refractivity contribution in [2.75, 3.05) is 24.5 Å². The first-order valence-corrected chi connectivity index (χ1v) is 11.5. The first kappa shape index (κ1) is 20.2. The second-order valence-electron chi connectivity index (χ2n) is 8.45. The quantitative estimate of drug-likeness (QED) is 0.381. The maximum Gasteiger partial charge on any atom is 0.213 e. The number of nitrogens with zero attached hydrogens (tertiary/aromatic N) is 6. The summed E-state index contributed by atoms with van der Waals surface area (Å²) in [4.78, 5) is 9.85. The molecule has 0 saturated carbocycles. The Morgan fingerprint density at radius 3 is 2.67 bits per heavy atom. The van der Waals surface area contributed by atoms with Crippen LogP contribution in [0.1, 0.15) is 12.5 Å². The molecule has 1 aliphatic heterocycles. The molecule has 4 heterocycles. The Labute approximate surface area is 196 Å². The minimum Gasteiger partial charge on any atom is -0.461 e. The van der Waals surface area contributed by atoms with E-state index in [1.54, 1.807) is 6.26 Å². The molecule has 7 nitrogen and oxygen atoms in total. The van der Waals surface area contributed by atoms with Crippen molar-refractivity contribution in [3.63, 3.8) is 0 Å². The summed E-state index contributed by atoms with van der Waals surface area (Å²) >= 11 is 6.42. The van der Waals surface area contributed by atoms with E-state index in [-0.39, 0.29) is 0 Å². The summed E-state index contributed by atoms with van der Waals surface area (Å²) in [6.45, 7) is 5.66. The summed E-state index contributed by atoms with van der Waals surface area (Å²) in [6.07, 6.45) is 1.65. The highest BCUT2D eigenvalue weighted by molar-refractivity contribution is 6.31. The van der Waals surface area contributed by atoms with E-state index >= 15 is 0 Å². The molecular weight excluding hydrogens is 436 g/mol. The van der Waals surface area contributed by atoms with Gasteiger partial charge in [0.25, 0.3) is 0 Å². The number of benzene rings is 2. The van der Waals surface area contributed by atoms with Crippen LogP contribution in [0.2, 0.25) is 5.02 Å². The van der Waals surface area contributed by atoms with Crippen molar-refractivity contribution in [2.24, 2.45) is 0 Å². The second kappa shape index (κ2) is 8.17. The third-order valence-electron chi connectivity index (χ3n) is 6.35. The standard InChI is InChI=1S/C25H23ClN6O/c1-17-15-31(13-12-30(17)16-18-7-2-4-9-20(18)26)25-27-21-10-5-3-8-19(21)23-28-29-24(32(23)25)22-11-6-14-33-22/h2-11,14,17H,12-13,15-16H2,1H3. The van der Waals surface area contributed by atoms with Gasteiger partial charge in [-0.05, 0) is 42.8 Å². The molecule has 0 bridgehead atoms. The zero-order valence-electron chi connectivity index (χ0n) is 18.2. The van der Waals surface area contributed by atoms with Crippen LogP contribution in [0.15, 0.2) is 71.3 Å². The number of para-hydroxylation sites is 1. The molecular formula is C25H23ClN6O. The van der Waals surface area contributed by atoms with E-state index in [9.17, 15) is 0 Å². The predicted octanol–water partition coefficient (Wildman–Crippen LogP) is 4.90. The minimum atomic E-state index is 0.321. The highest BCUT2D eigenvalue weighted by atomic mass is 35.5. The van der Waals surface area contributed by atoms with Crippen molar-refractivity contribution in [2.45, 2.75) is 19.5 Å². The van der Waals surface area contributed by atoms with E-state index in [0.29, 0.717) is 17.6 Å². The van der Waals surface area contributed by atoms with Crippen LogP contribution in [0.5, 0.6) is 0 Å². The van der Waals surface area contributed by atoms with Crippen LogP contribution < -0.4 is 4.90 Å². The summed E-state index contributed by atoms with van der Waals surface area (Å²) in [5.74, 6) is 2.17. The molecule has 6 rings (SSSR count). The fourth-order valence-corrected chi connectivity index (χ4v) is 4.80. The second-order valence-corrected chi connectivity index (χ2v) is 8.85. The van der Waals surface area contributed by atoms with Gasteiger partial charge in [-0.15, -0.1) is 10.2 Å². The van der Waals surface area contributed by atoms with Crippen molar-refractivity contribution >= 4 is 34.1 Å². The van der Waals surface area contributed by atoms with E-state index in [0.717, 1.165) is 59.3 Å². The molecule has 1 aliphatic rings. The number of halogens is 1. The summed E-state index contributed by atoms with van der Waals surface area (Å²) < 4.78 is 7.69. The van der Waals surface area contributed by atoms with Crippen LogP contribution in [0.3, 0.4) is 0 Å². The topological polar surface area (TPSA) is 62.7 Å². The molecule has 0 radical (unpaired) electrons. The first-order valence-electron chi connectivity index (χ1n) is 11.1. The normalized spacial score (nSPS) is 17.3. The number of anilines is 1. The van der Waals surface area contributed by atoms with E-state index in [1.165, 1.54) is 0 Å². The van der Waals surface area contributed by atoms with E-state index < -0.39 is 0 Å². The van der Waals surface area contributed by atoms with Gasteiger partial charge in [0.05, 0.1) is 11.8 Å². The number of hydrogen-bond donors (Lipinski definition) is 0. The highest BCUT2D eigenvalue weighted by Gasteiger charge is 2.28. The molecule has 1 saturated heterocycles. The maximum atomic E-state index is 6.42. The molecule has 0 amide bonds. The maximum absolute atomic E-state index is 6.42. The first-order chi connectivity index (χ1) is 16.2. The molecule has 0 N–H and O–H groups in total. The molecule has 0 spiro atoms. The van der Waals surface area contributed by atoms with Crippen LogP contribution in [0, 0.1) is 0 Å². The van der Waals surface area contributed by atoms with Gasteiger partial charge in [-0.2, -0.15) is 0 Å². The predicted molar refractivity (Wildman–Crippen MR) is 130 cm³/mol. The Kier molecular flexibility index (Phi) is 5.00. The fraction of sp³-hybridized carbons (Fsp3) is 0.240. The molecule has 1 atom stereocenters. The Balaban J connectivity index is 1.39. The van der Waals surface area contributed by atoms with E-state index in [4.69, 9.17) is 21.0 Å². The number of hydrogen-bond acceptors (Lipinski definition) is 6. The Hall–Kier alpha value is -3.42. The van der Waals surface area contributed by atoms with Crippen molar-refractivity contribution in [3.05, 3.63) is 77.5 Å². The van der Waals surface area contributed by atoms with Crippen molar-refractivity contribution in [1.82, 2.24) is 24.5 Å². The van der Waals surface area contributed by atoms with Crippen LogP contribution in [-0.2, 0) is 6.54 Å². The number of fused-ring (bicyclic) bond motifs is 3. The van der Waals surface area contributed by atoms with Crippen molar-refractivity contribution in [3.8, 4) is 11.6 Å². The molecule has 5 aromatic rings. The Morgan fingerprint density at radius 1 is 1.00 bits per heavy atom. The Morgan fingerprint density at radius 2 is 1.85 bits per heavy atom. The molecule has 33 heavy (non-hydrogen) atoms. The van der Waals surface area contributed by atoms with Crippen LogP contribution in [0.4, 0.5) is 5.95 Å². The van der Waals surface area contributed by atoms with E-state index in [1.807, 2.05) is 59.0 Å². The lowest BCUT2D eigenvalue weighted by atomic mass is 10.1. The third kappa shape index (κ3) is 3.53. The summed E-state index contributed by atoms with van der Waals surface area (Å²) in [6, 6.07) is 20.2. The SMILES string of the molecule is CC1CN(c2nc3ccccc3c3nnc(-c4ccco4)n23)CCN1Cc1ccccc1Cl. The van der Waals surface area contributed by atoms with Gasteiger partial charge >= 0.3 is 0 Å². The van der Waals surface area contributed by atoms with Crippen molar-refractivity contribution in [1.29, 1.82) is 0 Å². The van der Waals surface area contributed by atoms with E-state index in [2.05, 4.69) is 33.0 Å². The Bertz CT molecular complexity index is 1430. The average Bonchev–Trinajstić information content (AvgIpc) is 3.51. The van der Waals surface area contributed by atoms with Gasteiger partial charge in [0.1, 0.15) is 0 Å². The molecule has 3 aromatic heterocycles. The summed E-state index contributed by atoms with van der Waals surface area (Å²) in [5.41, 5.74) is 2.85. The molecule has 8 heteroatoms. The van der Waals surface area contributed by atoms with Crippen LogP contribution in [0.25, 0.3) is 28.1 Å². The zero-order chi connectivity index (χ0) is 22.4. The monoisotopic (exact) mass is 458 g/mol. The van der Waals surface area contributed by atoms with Crippen molar-refractivity contribution < 1.29 is 4.42 Å². The molecule has 1 unspecified atom stereocenters. The summed E-state index contributed by atoms with van der Waals surface area (Å²) in [7, 11) is 0. The lowest BCUT2D eigenvalue weighted by Crippen LogP contribution is -2.52. The molecule has 2 aromatic carbocycles. The molecule has 1 fully saturated rings. The van der Waals surface area contributed by atoms with Gasteiger partial charge in [-0.25, -0.2) is 9.38 Å². The van der Waals surface area contributed by atoms with Gasteiger partial charge in [-0.1, -0.05) is 41.9 Å². The lowest BCUT2D eigenvalue weighted by molar-refractivity contribution is 0.180. The average molecular weight is 459 g/mol. The largest absolute Gasteiger partial charge is 0.461 e. The summed E-state index contributed by atoms with van der Waals surface area (Å²) in [5, 5.41) is 10.8. The van der Waals surface area contributed by atoms with Gasteiger partial charge in [0.15, 0.2) is 11.4 Å². The third-order valence-corrected chi connectivity index (χ3v) is 6.72. The van der Waals surface area contributed by atoms with Gasteiger partial charge < -0.3 is 9.32 Å². The zero-order valence-corrected chi connectivity index (χ0v) is 19.0. The number of furan rings is 1. The van der Waals surface area contributed by atoms with Gasteiger partial charge in [-0.3, -0.25) is 4.90 Å². The van der Waals surface area contributed by atoms with Gasteiger partial charge in [0.2, 0.25) is 11.8 Å². The molecule has 0 aliphatic carbocycles. The van der Waals surface area contributed by atoms with Crippen LogP contribution >= 0.6 is 11.6 Å².